The van der Waals surface area contributed by atoms with Crippen molar-refractivity contribution in [1.29, 1.82) is 0 Å². The molecule has 4 heteroatoms. The van der Waals surface area contributed by atoms with Crippen molar-refractivity contribution < 1.29 is 4.42 Å². The average molecular weight is 277 g/mol. The van der Waals surface area contributed by atoms with E-state index in [0.717, 1.165) is 24.9 Å². The Balaban J connectivity index is 1.49. The van der Waals surface area contributed by atoms with Crippen molar-refractivity contribution in [2.24, 2.45) is 0 Å². The second-order valence-electron chi connectivity index (χ2n) is 6.15. The summed E-state index contributed by atoms with van der Waals surface area (Å²) >= 11 is 0. The molecular weight excluding hydrogens is 250 g/mol. The quantitative estimate of drug-likeness (QED) is 0.893. The number of hydrogen-bond donors (Lipinski definition) is 1. The first kappa shape index (κ1) is 14.1. The number of nitrogens with one attached hydrogen (secondary N) is 1. The van der Waals surface area contributed by atoms with E-state index < -0.39 is 0 Å². The summed E-state index contributed by atoms with van der Waals surface area (Å²) in [5, 5.41) is 3.17. The molecule has 0 aromatic carbocycles. The number of hydrogen-bond acceptors (Lipinski definition) is 4. The molecule has 1 aliphatic heterocycles. The summed E-state index contributed by atoms with van der Waals surface area (Å²) in [6.07, 6.45) is 7.54. The van der Waals surface area contributed by atoms with Gasteiger partial charge in [-0.2, -0.15) is 0 Å². The lowest BCUT2D eigenvalue weighted by Gasteiger charge is -2.38. The van der Waals surface area contributed by atoms with Crippen molar-refractivity contribution in [2.45, 2.75) is 44.8 Å². The maximum Gasteiger partial charge on any atom is 0.122 e. The van der Waals surface area contributed by atoms with Crippen LogP contribution in [0.2, 0.25) is 0 Å². The van der Waals surface area contributed by atoms with Gasteiger partial charge in [0.2, 0.25) is 0 Å². The molecule has 0 atom stereocenters. The van der Waals surface area contributed by atoms with E-state index in [0.29, 0.717) is 0 Å². The molecule has 1 saturated heterocycles. The summed E-state index contributed by atoms with van der Waals surface area (Å²) in [6.45, 7) is 6.73. The zero-order chi connectivity index (χ0) is 13.8. The van der Waals surface area contributed by atoms with Crippen LogP contribution in [0, 0.1) is 0 Å². The molecule has 0 spiro atoms. The lowest BCUT2D eigenvalue weighted by Crippen LogP contribution is -2.49. The summed E-state index contributed by atoms with van der Waals surface area (Å²) in [7, 11) is 1.96. The SMILES string of the molecule is CNCc1occc1CN1CCN(C2CCCC2)CC1. The molecule has 1 aromatic heterocycles. The van der Waals surface area contributed by atoms with E-state index >= 15 is 0 Å². The molecule has 20 heavy (non-hydrogen) atoms. The maximum atomic E-state index is 5.55. The van der Waals surface area contributed by atoms with Crippen LogP contribution in [-0.4, -0.2) is 49.1 Å². The third-order valence-electron chi connectivity index (χ3n) is 4.82. The largest absolute Gasteiger partial charge is 0.468 e. The Bertz CT molecular complexity index is 404. The van der Waals surface area contributed by atoms with Crippen molar-refractivity contribution in [2.75, 3.05) is 33.2 Å². The Kier molecular flexibility index (Phi) is 4.76. The van der Waals surface area contributed by atoms with Gasteiger partial charge in [0, 0.05) is 44.3 Å². The van der Waals surface area contributed by atoms with Crippen LogP contribution >= 0.6 is 0 Å². The average Bonchev–Trinajstić information content (AvgIpc) is 3.13. The normalized spacial score (nSPS) is 22.6. The van der Waals surface area contributed by atoms with E-state index in [1.807, 2.05) is 13.3 Å². The van der Waals surface area contributed by atoms with Gasteiger partial charge < -0.3 is 9.73 Å². The predicted molar refractivity (Wildman–Crippen MR) is 80.6 cm³/mol. The molecule has 2 aliphatic rings. The summed E-state index contributed by atoms with van der Waals surface area (Å²) < 4.78 is 5.55. The van der Waals surface area contributed by atoms with Crippen molar-refractivity contribution in [3.05, 3.63) is 23.7 Å². The van der Waals surface area contributed by atoms with Gasteiger partial charge in [-0.3, -0.25) is 9.80 Å². The maximum absolute atomic E-state index is 5.55. The monoisotopic (exact) mass is 277 g/mol. The molecule has 112 valence electrons. The van der Waals surface area contributed by atoms with E-state index in [1.54, 1.807) is 0 Å². The van der Waals surface area contributed by atoms with Crippen molar-refractivity contribution >= 4 is 0 Å². The Morgan fingerprint density at radius 2 is 1.95 bits per heavy atom. The first-order valence-electron chi connectivity index (χ1n) is 8.03. The van der Waals surface area contributed by atoms with Crippen molar-refractivity contribution in [1.82, 2.24) is 15.1 Å². The first-order chi connectivity index (χ1) is 9.86. The van der Waals surface area contributed by atoms with Gasteiger partial charge in [-0.15, -0.1) is 0 Å². The standard InChI is InChI=1S/C16H27N3O/c1-17-12-16-14(6-11-20-16)13-18-7-9-19(10-8-18)15-4-2-3-5-15/h6,11,15,17H,2-5,7-10,12-13H2,1H3. The van der Waals surface area contributed by atoms with E-state index in [9.17, 15) is 0 Å². The van der Waals surface area contributed by atoms with Gasteiger partial charge in [0.15, 0.2) is 0 Å². The zero-order valence-corrected chi connectivity index (χ0v) is 12.6. The summed E-state index contributed by atoms with van der Waals surface area (Å²) in [6, 6.07) is 3.00. The van der Waals surface area contributed by atoms with Crippen LogP contribution in [0.25, 0.3) is 0 Å². The molecule has 2 fully saturated rings. The van der Waals surface area contributed by atoms with Crippen LogP contribution in [-0.2, 0) is 13.1 Å². The second kappa shape index (κ2) is 6.74. The van der Waals surface area contributed by atoms with E-state index in [1.165, 1.54) is 57.4 Å². The Hall–Kier alpha value is -0.840. The Labute approximate surface area is 122 Å². The smallest absolute Gasteiger partial charge is 0.122 e. The van der Waals surface area contributed by atoms with Crippen LogP contribution in [0.4, 0.5) is 0 Å². The highest BCUT2D eigenvalue weighted by Crippen LogP contribution is 2.24. The minimum atomic E-state index is 0.824. The van der Waals surface area contributed by atoms with Crippen LogP contribution in [0.1, 0.15) is 37.0 Å². The highest BCUT2D eigenvalue weighted by atomic mass is 16.3. The summed E-state index contributed by atoms with van der Waals surface area (Å²) in [5.41, 5.74) is 1.34. The molecule has 0 amide bonds. The molecule has 2 heterocycles. The van der Waals surface area contributed by atoms with E-state index in [-0.39, 0.29) is 0 Å². The molecule has 0 radical (unpaired) electrons. The predicted octanol–water partition coefficient (Wildman–Crippen LogP) is 2.06. The van der Waals surface area contributed by atoms with E-state index in [4.69, 9.17) is 4.42 Å². The second-order valence-corrected chi connectivity index (χ2v) is 6.15. The van der Waals surface area contributed by atoms with Gasteiger partial charge >= 0.3 is 0 Å². The third-order valence-corrected chi connectivity index (χ3v) is 4.82. The van der Waals surface area contributed by atoms with Crippen LogP contribution < -0.4 is 5.32 Å². The third kappa shape index (κ3) is 3.25. The van der Waals surface area contributed by atoms with Crippen molar-refractivity contribution in [3.63, 3.8) is 0 Å². The Morgan fingerprint density at radius 1 is 1.20 bits per heavy atom. The molecule has 1 aromatic rings. The molecule has 0 unspecified atom stereocenters. The molecule has 1 N–H and O–H groups in total. The van der Waals surface area contributed by atoms with Gasteiger partial charge in [-0.05, 0) is 26.0 Å². The van der Waals surface area contributed by atoms with E-state index in [2.05, 4.69) is 21.2 Å². The molecule has 4 nitrogen and oxygen atoms in total. The molecule has 3 rings (SSSR count). The number of rotatable bonds is 5. The van der Waals surface area contributed by atoms with Crippen LogP contribution in [0.15, 0.2) is 16.7 Å². The number of nitrogens with zero attached hydrogens (tertiary/aromatic N) is 2. The fourth-order valence-electron chi connectivity index (χ4n) is 3.62. The summed E-state index contributed by atoms with van der Waals surface area (Å²) in [4.78, 5) is 5.28. The number of piperazine rings is 1. The first-order valence-corrected chi connectivity index (χ1v) is 8.03. The number of furan rings is 1. The molecule has 1 aliphatic carbocycles. The highest BCUT2D eigenvalue weighted by Gasteiger charge is 2.26. The highest BCUT2D eigenvalue weighted by molar-refractivity contribution is 5.17. The minimum Gasteiger partial charge on any atom is -0.468 e. The molecule has 0 bridgehead atoms. The Morgan fingerprint density at radius 3 is 2.65 bits per heavy atom. The summed E-state index contributed by atoms with van der Waals surface area (Å²) in [5.74, 6) is 1.09. The fraction of sp³-hybridized carbons (Fsp3) is 0.750. The topological polar surface area (TPSA) is 31.7 Å². The van der Waals surface area contributed by atoms with Crippen LogP contribution in [0.3, 0.4) is 0 Å². The lowest BCUT2D eigenvalue weighted by molar-refractivity contribution is 0.0933. The van der Waals surface area contributed by atoms with Crippen LogP contribution in [0.5, 0.6) is 0 Å². The molecule has 1 saturated carbocycles. The van der Waals surface area contributed by atoms with Crippen molar-refractivity contribution in [3.8, 4) is 0 Å². The van der Waals surface area contributed by atoms with Gasteiger partial charge in [-0.25, -0.2) is 0 Å². The lowest BCUT2D eigenvalue weighted by atomic mass is 10.1. The molecular formula is C16H27N3O. The minimum absolute atomic E-state index is 0.824. The van der Waals surface area contributed by atoms with Gasteiger partial charge in [-0.1, -0.05) is 12.8 Å². The zero-order valence-electron chi connectivity index (χ0n) is 12.6. The van der Waals surface area contributed by atoms with Gasteiger partial charge in [0.05, 0.1) is 12.8 Å². The van der Waals surface area contributed by atoms with Gasteiger partial charge in [0.25, 0.3) is 0 Å². The fourth-order valence-corrected chi connectivity index (χ4v) is 3.62. The van der Waals surface area contributed by atoms with Gasteiger partial charge in [0.1, 0.15) is 5.76 Å².